The van der Waals surface area contributed by atoms with Crippen molar-refractivity contribution in [1.29, 1.82) is 0 Å². The fourth-order valence-electron chi connectivity index (χ4n) is 3.72. The minimum absolute atomic E-state index is 0.107. The molecule has 150 valence electrons. The van der Waals surface area contributed by atoms with Gasteiger partial charge in [-0.05, 0) is 43.7 Å². The molecule has 2 aromatic rings. The van der Waals surface area contributed by atoms with E-state index in [1.54, 1.807) is 6.07 Å². The first kappa shape index (κ1) is 19.4. The molecule has 0 saturated heterocycles. The van der Waals surface area contributed by atoms with E-state index in [0.29, 0.717) is 16.6 Å². The van der Waals surface area contributed by atoms with Gasteiger partial charge >= 0.3 is 0 Å². The molecule has 4 nitrogen and oxygen atoms in total. The standard InChI is InChI=1S/C21H24F2N2O2S/c1-21(9-3-2-4-10-21)16-11-17(25-27-16)24-20(26)18-14(22)7-8-15(19(18)23)28-12-13-5-6-13/h7-8,11,13H,2-6,9-10,12H2,1H3,(H,24,25,26). The van der Waals surface area contributed by atoms with Gasteiger partial charge in [-0.1, -0.05) is 31.3 Å². The molecule has 0 aliphatic heterocycles. The molecule has 1 heterocycles. The normalized spacial score (nSPS) is 18.8. The van der Waals surface area contributed by atoms with Gasteiger partial charge in [-0.25, -0.2) is 8.78 Å². The topological polar surface area (TPSA) is 55.1 Å². The van der Waals surface area contributed by atoms with Crippen LogP contribution in [0.4, 0.5) is 14.6 Å². The molecule has 2 fully saturated rings. The lowest BCUT2D eigenvalue weighted by Gasteiger charge is -2.30. The van der Waals surface area contributed by atoms with E-state index in [0.717, 1.165) is 50.3 Å². The lowest BCUT2D eigenvalue weighted by molar-refractivity contribution is 0.101. The lowest BCUT2D eigenvalue weighted by atomic mass is 9.74. The van der Waals surface area contributed by atoms with Crippen molar-refractivity contribution in [3.05, 3.63) is 41.2 Å². The summed E-state index contributed by atoms with van der Waals surface area (Å²) in [6, 6.07) is 4.21. The van der Waals surface area contributed by atoms with Crippen LogP contribution in [-0.2, 0) is 5.41 Å². The number of halogens is 2. The molecule has 0 spiro atoms. The van der Waals surface area contributed by atoms with Crippen LogP contribution in [0.25, 0.3) is 0 Å². The first-order valence-electron chi connectivity index (χ1n) is 9.86. The number of hydrogen-bond donors (Lipinski definition) is 1. The van der Waals surface area contributed by atoms with E-state index in [1.807, 2.05) is 0 Å². The minimum atomic E-state index is -0.881. The minimum Gasteiger partial charge on any atom is -0.359 e. The van der Waals surface area contributed by atoms with Crippen LogP contribution >= 0.6 is 11.8 Å². The molecule has 0 radical (unpaired) electrons. The van der Waals surface area contributed by atoms with Gasteiger partial charge < -0.3 is 9.84 Å². The van der Waals surface area contributed by atoms with Gasteiger partial charge in [0.25, 0.3) is 5.91 Å². The van der Waals surface area contributed by atoms with Crippen LogP contribution in [0.1, 0.15) is 68.0 Å². The summed E-state index contributed by atoms with van der Waals surface area (Å²) in [5, 5.41) is 6.38. The third kappa shape index (κ3) is 4.09. The largest absolute Gasteiger partial charge is 0.359 e. The third-order valence-electron chi connectivity index (χ3n) is 5.76. The third-order valence-corrected chi connectivity index (χ3v) is 7.02. The van der Waals surface area contributed by atoms with Gasteiger partial charge in [-0.3, -0.25) is 4.79 Å². The second kappa shape index (κ2) is 7.85. The number of hydrogen-bond acceptors (Lipinski definition) is 4. The number of carbonyl (C=O) groups excluding carboxylic acids is 1. The van der Waals surface area contributed by atoms with E-state index in [9.17, 15) is 13.6 Å². The molecule has 28 heavy (non-hydrogen) atoms. The second-order valence-electron chi connectivity index (χ2n) is 8.14. The Morgan fingerprint density at radius 3 is 2.75 bits per heavy atom. The molecular weight excluding hydrogens is 382 g/mol. The molecule has 1 aromatic heterocycles. The molecule has 1 N–H and O–H groups in total. The maximum absolute atomic E-state index is 14.7. The predicted octanol–water partition coefficient (Wildman–Crippen LogP) is 5.93. The summed E-state index contributed by atoms with van der Waals surface area (Å²) in [6.07, 6.45) is 7.76. The summed E-state index contributed by atoms with van der Waals surface area (Å²) in [4.78, 5) is 12.8. The maximum Gasteiger partial charge on any atom is 0.262 e. The van der Waals surface area contributed by atoms with Gasteiger partial charge in [0, 0.05) is 22.1 Å². The Bertz CT molecular complexity index is 873. The second-order valence-corrected chi connectivity index (χ2v) is 9.20. The van der Waals surface area contributed by atoms with Crippen molar-refractivity contribution >= 4 is 23.5 Å². The van der Waals surface area contributed by atoms with Crippen LogP contribution in [0.5, 0.6) is 0 Å². The molecule has 1 aromatic carbocycles. The van der Waals surface area contributed by atoms with E-state index in [2.05, 4.69) is 17.4 Å². The van der Waals surface area contributed by atoms with Crippen LogP contribution in [0, 0.1) is 17.6 Å². The Kier molecular flexibility index (Phi) is 5.45. The van der Waals surface area contributed by atoms with Crippen molar-refractivity contribution in [2.45, 2.75) is 62.2 Å². The first-order valence-corrected chi connectivity index (χ1v) is 10.8. The van der Waals surface area contributed by atoms with Crippen molar-refractivity contribution < 1.29 is 18.1 Å². The van der Waals surface area contributed by atoms with Crippen LogP contribution in [-0.4, -0.2) is 16.8 Å². The number of anilines is 1. The van der Waals surface area contributed by atoms with E-state index >= 15 is 0 Å². The Morgan fingerprint density at radius 1 is 1.29 bits per heavy atom. The fraction of sp³-hybridized carbons (Fsp3) is 0.524. The average molecular weight is 406 g/mol. The SMILES string of the molecule is CC1(c2cc(NC(=O)c3c(F)ccc(SCC4CC4)c3F)no2)CCCCC1. The van der Waals surface area contributed by atoms with E-state index in [1.165, 1.54) is 24.2 Å². The van der Waals surface area contributed by atoms with Crippen molar-refractivity contribution in [2.24, 2.45) is 5.92 Å². The van der Waals surface area contributed by atoms with Crippen molar-refractivity contribution in [3.8, 4) is 0 Å². The van der Waals surface area contributed by atoms with Gasteiger partial charge in [0.1, 0.15) is 17.1 Å². The summed E-state index contributed by atoms with van der Waals surface area (Å²) < 4.78 is 34.4. The summed E-state index contributed by atoms with van der Waals surface area (Å²) in [5.74, 6) is -0.271. The maximum atomic E-state index is 14.7. The van der Waals surface area contributed by atoms with Crippen LogP contribution in [0.3, 0.4) is 0 Å². The fourth-order valence-corrected chi connectivity index (χ4v) is 4.86. The summed E-state index contributed by atoms with van der Waals surface area (Å²) in [5.41, 5.74) is -0.682. The number of nitrogens with one attached hydrogen (secondary N) is 1. The quantitative estimate of drug-likeness (QED) is 0.604. The number of carbonyl (C=O) groups is 1. The first-order chi connectivity index (χ1) is 13.5. The molecule has 0 unspecified atom stereocenters. The highest BCUT2D eigenvalue weighted by molar-refractivity contribution is 7.99. The number of thioether (sulfide) groups is 1. The van der Waals surface area contributed by atoms with Gasteiger partial charge in [0.05, 0.1) is 0 Å². The molecule has 7 heteroatoms. The van der Waals surface area contributed by atoms with Gasteiger partial charge in [0.15, 0.2) is 11.6 Å². The summed E-state index contributed by atoms with van der Waals surface area (Å²) in [7, 11) is 0. The molecule has 2 saturated carbocycles. The molecule has 0 atom stereocenters. The number of amides is 1. The summed E-state index contributed by atoms with van der Waals surface area (Å²) >= 11 is 1.33. The molecule has 4 rings (SSSR count). The van der Waals surface area contributed by atoms with Crippen molar-refractivity contribution in [1.82, 2.24) is 5.16 Å². The molecule has 0 bridgehead atoms. The molecule has 2 aliphatic carbocycles. The zero-order valence-electron chi connectivity index (χ0n) is 15.9. The number of aromatic nitrogens is 1. The van der Waals surface area contributed by atoms with Crippen molar-refractivity contribution in [2.75, 3.05) is 11.1 Å². The molecular formula is C21H24F2N2O2S. The van der Waals surface area contributed by atoms with Crippen LogP contribution in [0.15, 0.2) is 27.6 Å². The van der Waals surface area contributed by atoms with Crippen molar-refractivity contribution in [3.63, 3.8) is 0 Å². The summed E-state index contributed by atoms with van der Waals surface area (Å²) in [6.45, 7) is 2.12. The van der Waals surface area contributed by atoms with E-state index < -0.39 is 23.1 Å². The van der Waals surface area contributed by atoms with Crippen LogP contribution in [0.2, 0.25) is 0 Å². The number of nitrogens with zero attached hydrogens (tertiary/aromatic N) is 1. The van der Waals surface area contributed by atoms with Gasteiger partial charge in [-0.15, -0.1) is 11.8 Å². The average Bonchev–Trinajstić information content (AvgIpc) is 3.38. The van der Waals surface area contributed by atoms with Gasteiger partial charge in [-0.2, -0.15) is 0 Å². The van der Waals surface area contributed by atoms with Crippen LogP contribution < -0.4 is 5.32 Å². The van der Waals surface area contributed by atoms with E-state index in [-0.39, 0.29) is 11.2 Å². The zero-order valence-corrected chi connectivity index (χ0v) is 16.7. The number of rotatable bonds is 6. The monoisotopic (exact) mass is 406 g/mol. The highest BCUT2D eigenvalue weighted by Gasteiger charge is 2.33. The molecule has 1 amide bonds. The van der Waals surface area contributed by atoms with E-state index in [4.69, 9.17) is 4.52 Å². The number of benzene rings is 1. The Hall–Kier alpha value is -1.89. The molecule has 2 aliphatic rings. The lowest BCUT2D eigenvalue weighted by Crippen LogP contribution is -2.24. The predicted molar refractivity (Wildman–Crippen MR) is 105 cm³/mol. The Labute approximate surface area is 167 Å². The highest BCUT2D eigenvalue weighted by atomic mass is 32.2. The Balaban J connectivity index is 1.49. The highest BCUT2D eigenvalue weighted by Crippen LogP contribution is 2.40. The zero-order chi connectivity index (χ0) is 19.7. The smallest absolute Gasteiger partial charge is 0.262 e. The van der Waals surface area contributed by atoms with Gasteiger partial charge in [0.2, 0.25) is 0 Å². The Morgan fingerprint density at radius 2 is 2.04 bits per heavy atom.